The van der Waals surface area contributed by atoms with Crippen LogP contribution in [-0.4, -0.2) is 74.6 Å². The van der Waals surface area contributed by atoms with Gasteiger partial charge in [0.15, 0.2) is 5.78 Å². The number of anilines is 2. The number of urea groups is 2. The van der Waals surface area contributed by atoms with E-state index in [0.29, 0.717) is 29.8 Å². The number of hydrogen-bond acceptors (Lipinski definition) is 8. The summed E-state index contributed by atoms with van der Waals surface area (Å²) in [6.45, 7) is 4.70. The summed E-state index contributed by atoms with van der Waals surface area (Å²) < 4.78 is 0. The van der Waals surface area contributed by atoms with Crippen LogP contribution in [0.3, 0.4) is 0 Å². The Kier molecular flexibility index (Phi) is 9.49. The topological polar surface area (TPSA) is 208 Å². The summed E-state index contributed by atoms with van der Waals surface area (Å²) in [7, 11) is 0. The average Bonchev–Trinajstić information content (AvgIpc) is 3.20. The molecule has 7 amide bonds. The average molecular weight is 701 g/mol. The summed E-state index contributed by atoms with van der Waals surface area (Å²) in [4.78, 5) is 94.3. The van der Waals surface area contributed by atoms with E-state index in [2.05, 4.69) is 16.0 Å². The zero-order valence-corrected chi connectivity index (χ0v) is 28.9. The molecular formula is C37H44N6O8. The fourth-order valence-corrected chi connectivity index (χ4v) is 8.98. The lowest BCUT2D eigenvalue weighted by Crippen LogP contribution is -2.63. The van der Waals surface area contributed by atoms with Crippen molar-refractivity contribution < 1.29 is 38.7 Å². The van der Waals surface area contributed by atoms with E-state index in [0.717, 1.165) is 29.7 Å². The molecule has 270 valence electrons. The van der Waals surface area contributed by atoms with Gasteiger partial charge in [0, 0.05) is 23.3 Å². The number of nitrogens with two attached hydrogens (primary N) is 1. The minimum absolute atomic E-state index is 0.0685. The first-order valence-corrected chi connectivity index (χ1v) is 17.3. The number of hydrogen-bond donors (Lipinski definition) is 5. The Balaban J connectivity index is 1.14. The van der Waals surface area contributed by atoms with Crippen LogP contribution in [0, 0.1) is 36.0 Å². The normalized spacial score (nSPS) is 26.5. The fraction of sp³-hybridized carbons (Fsp3) is 0.486. The molecule has 0 spiro atoms. The summed E-state index contributed by atoms with van der Waals surface area (Å²) in [5.41, 5.74) is 6.10. The number of aryl methyl sites for hydroxylation is 1. The number of carbonyl (C=O) groups is 7. The molecule has 2 aromatic rings. The van der Waals surface area contributed by atoms with Gasteiger partial charge in [-0.2, -0.15) is 0 Å². The Labute approximate surface area is 295 Å². The number of nitrogens with zero attached hydrogens (tertiary/aromatic N) is 2. The molecule has 4 bridgehead atoms. The van der Waals surface area contributed by atoms with E-state index in [9.17, 15) is 33.6 Å². The summed E-state index contributed by atoms with van der Waals surface area (Å²) >= 11 is 0. The highest BCUT2D eigenvalue weighted by molar-refractivity contribution is 6.10. The van der Waals surface area contributed by atoms with E-state index in [1.807, 2.05) is 25.1 Å². The maximum absolute atomic E-state index is 14.4. The van der Waals surface area contributed by atoms with E-state index < -0.39 is 71.6 Å². The molecule has 5 fully saturated rings. The standard InChI is InChI=1S/C37H44N6O8/c1-20-6-4-5-7-27(20)40-34(50)39-25-10-8-21(9-11-25)18-43-35(51)42(33(49)36(43,2)3)19-28(44)37-16-22-12-23(17-37)14-24(13-22)30(37)32(48)41-31(47)26(38)15-29(45)46/h4-11,22-24,26,30H,12-19,38H2,1-3H3,(H,45,46)(H2,39,40,50)(H,41,47,48)/t22?,23?,24?,26-,30?,37?/m0/s1. The molecule has 0 aromatic heterocycles. The van der Waals surface area contributed by atoms with Gasteiger partial charge in [-0.3, -0.25) is 34.2 Å². The van der Waals surface area contributed by atoms with Gasteiger partial charge in [0.25, 0.3) is 5.91 Å². The van der Waals surface area contributed by atoms with E-state index >= 15 is 0 Å². The number of imide groups is 2. The molecule has 1 aliphatic heterocycles. The molecule has 1 heterocycles. The monoisotopic (exact) mass is 700 g/mol. The summed E-state index contributed by atoms with van der Waals surface area (Å²) in [5.74, 6) is -4.38. The van der Waals surface area contributed by atoms with Crippen molar-refractivity contribution in [2.24, 2.45) is 34.8 Å². The molecular weight excluding hydrogens is 656 g/mol. The molecule has 2 aromatic carbocycles. The highest BCUT2D eigenvalue weighted by atomic mass is 16.4. The van der Waals surface area contributed by atoms with Crippen LogP contribution in [0.25, 0.3) is 0 Å². The molecule has 3 unspecified atom stereocenters. The Morgan fingerprint density at radius 1 is 0.941 bits per heavy atom. The van der Waals surface area contributed by atoms with E-state index in [-0.39, 0.29) is 30.1 Å². The maximum atomic E-state index is 14.4. The lowest BCUT2D eigenvalue weighted by atomic mass is 9.43. The van der Waals surface area contributed by atoms with Crippen LogP contribution in [0.2, 0.25) is 0 Å². The van der Waals surface area contributed by atoms with Gasteiger partial charge >= 0.3 is 18.0 Å². The first-order valence-electron chi connectivity index (χ1n) is 17.3. The Hall–Kier alpha value is -5.11. The van der Waals surface area contributed by atoms with Gasteiger partial charge in [-0.05, 0) is 100.0 Å². The maximum Gasteiger partial charge on any atom is 0.328 e. The number of aliphatic carboxylic acids is 1. The Bertz CT molecular complexity index is 1780. The van der Waals surface area contributed by atoms with Gasteiger partial charge in [0.05, 0.1) is 24.9 Å². The molecule has 4 atom stereocenters. The van der Waals surface area contributed by atoms with Gasteiger partial charge in [0.1, 0.15) is 5.54 Å². The third kappa shape index (κ3) is 6.84. The third-order valence-corrected chi connectivity index (χ3v) is 11.3. The number of carbonyl (C=O) groups excluding carboxylic acids is 6. The second-order valence-electron chi connectivity index (χ2n) is 15.1. The van der Waals surface area contributed by atoms with Crippen molar-refractivity contribution in [2.45, 2.75) is 77.4 Å². The number of benzene rings is 2. The van der Waals surface area contributed by atoms with Crippen molar-refractivity contribution in [1.82, 2.24) is 15.1 Å². The zero-order valence-electron chi connectivity index (χ0n) is 28.9. The van der Waals surface area contributed by atoms with Crippen molar-refractivity contribution >= 4 is 52.9 Å². The van der Waals surface area contributed by atoms with Crippen LogP contribution in [0.5, 0.6) is 0 Å². The van der Waals surface area contributed by atoms with Gasteiger partial charge in [-0.25, -0.2) is 9.59 Å². The second-order valence-corrected chi connectivity index (χ2v) is 15.1. The predicted molar refractivity (Wildman–Crippen MR) is 185 cm³/mol. The lowest BCUT2D eigenvalue weighted by molar-refractivity contribution is -0.168. The van der Waals surface area contributed by atoms with Crippen molar-refractivity contribution in [2.75, 3.05) is 17.2 Å². The smallest absolute Gasteiger partial charge is 0.328 e. The number of ketones is 1. The summed E-state index contributed by atoms with van der Waals surface area (Å²) in [6, 6.07) is 11.8. The molecule has 14 nitrogen and oxygen atoms in total. The summed E-state index contributed by atoms with van der Waals surface area (Å²) in [6.07, 6.45) is 2.58. The summed E-state index contributed by atoms with van der Waals surface area (Å²) in [5, 5.41) is 16.9. The van der Waals surface area contributed by atoms with Gasteiger partial charge in [-0.15, -0.1) is 0 Å². The quantitative estimate of drug-likeness (QED) is 0.217. The first-order chi connectivity index (χ1) is 24.1. The fourth-order valence-electron chi connectivity index (χ4n) is 8.98. The van der Waals surface area contributed by atoms with Crippen LogP contribution >= 0.6 is 0 Å². The highest BCUT2D eigenvalue weighted by Crippen LogP contribution is 2.63. The van der Waals surface area contributed by atoms with Gasteiger partial charge < -0.3 is 26.4 Å². The van der Waals surface area contributed by atoms with Crippen LogP contribution < -0.4 is 21.7 Å². The number of nitrogens with one attached hydrogen (secondary N) is 3. The molecule has 7 rings (SSSR count). The van der Waals surface area contributed by atoms with E-state index in [4.69, 9.17) is 10.8 Å². The van der Waals surface area contributed by atoms with E-state index in [1.165, 1.54) is 4.90 Å². The number of Topliss-reactive ketones (excluding diaryl/α,β-unsaturated/α-hetero) is 1. The lowest BCUT2D eigenvalue weighted by Gasteiger charge is -2.59. The molecule has 4 aliphatic carbocycles. The molecule has 1 saturated heterocycles. The van der Waals surface area contributed by atoms with Crippen LogP contribution in [-0.2, 0) is 30.5 Å². The highest BCUT2D eigenvalue weighted by Gasteiger charge is 2.63. The van der Waals surface area contributed by atoms with Crippen molar-refractivity contribution in [3.05, 3.63) is 59.7 Å². The molecule has 6 N–H and O–H groups in total. The molecule has 14 heteroatoms. The minimum Gasteiger partial charge on any atom is -0.481 e. The van der Waals surface area contributed by atoms with Crippen LogP contribution in [0.15, 0.2) is 48.5 Å². The molecule has 0 radical (unpaired) electrons. The van der Waals surface area contributed by atoms with Crippen LogP contribution in [0.1, 0.15) is 63.5 Å². The SMILES string of the molecule is Cc1ccccc1NC(=O)Nc1ccc(CN2C(=O)N(CC(=O)C34CC5CC(CC(C5)C3C(=O)NC(=O)[C@@H](N)CC(=O)O)C4)C(=O)C2(C)C)cc1. The number of carboxylic acids is 1. The molecule has 51 heavy (non-hydrogen) atoms. The van der Waals surface area contributed by atoms with E-state index in [1.54, 1.807) is 44.2 Å². The largest absolute Gasteiger partial charge is 0.481 e. The van der Waals surface area contributed by atoms with Crippen molar-refractivity contribution in [3.8, 4) is 0 Å². The van der Waals surface area contributed by atoms with Crippen molar-refractivity contribution in [3.63, 3.8) is 0 Å². The Morgan fingerprint density at radius 2 is 1.59 bits per heavy atom. The van der Waals surface area contributed by atoms with Crippen molar-refractivity contribution in [1.29, 1.82) is 0 Å². The van der Waals surface area contributed by atoms with Crippen LogP contribution in [0.4, 0.5) is 21.0 Å². The second kappa shape index (κ2) is 13.5. The molecule has 4 saturated carbocycles. The number of amides is 7. The minimum atomic E-state index is -1.43. The first kappa shape index (κ1) is 35.7. The Morgan fingerprint density at radius 3 is 2.22 bits per heavy atom. The number of para-hydroxylation sites is 1. The van der Waals surface area contributed by atoms with Gasteiger partial charge in [0.2, 0.25) is 11.8 Å². The third-order valence-electron chi connectivity index (χ3n) is 11.3. The van der Waals surface area contributed by atoms with Gasteiger partial charge in [-0.1, -0.05) is 30.3 Å². The predicted octanol–water partition coefficient (Wildman–Crippen LogP) is 3.64. The number of carboxylic acid groups (broad SMARTS) is 1. The number of rotatable bonds is 11. The zero-order chi connectivity index (χ0) is 36.8. The molecule has 5 aliphatic rings.